The van der Waals surface area contributed by atoms with E-state index >= 15 is 0 Å². The van der Waals surface area contributed by atoms with Crippen LogP contribution in [-0.4, -0.2) is 11.1 Å². The molecule has 0 aliphatic heterocycles. The van der Waals surface area contributed by atoms with Gasteiger partial charge in [-0.15, -0.1) is 0 Å². The largest absolute Gasteiger partial charge is 0.478 e. The van der Waals surface area contributed by atoms with E-state index in [-0.39, 0.29) is 0 Å². The molecule has 76 valence electrons. The number of hydrogen-bond donors (Lipinski definition) is 1. The molecule has 0 fully saturated rings. The zero-order valence-corrected chi connectivity index (χ0v) is 8.40. The summed E-state index contributed by atoms with van der Waals surface area (Å²) in [4.78, 5) is 10.8. The highest BCUT2D eigenvalue weighted by Gasteiger charge is 2.05. The lowest BCUT2D eigenvalue weighted by Crippen LogP contribution is -1.99. The lowest BCUT2D eigenvalue weighted by molar-refractivity contribution is -0.132. The van der Waals surface area contributed by atoms with Crippen molar-refractivity contribution in [3.63, 3.8) is 0 Å². The van der Waals surface area contributed by atoms with Crippen LogP contribution >= 0.6 is 0 Å². The SMILES string of the molecule is CCC(=Cc1ccccc1C#N)C(=O)O. The molecule has 0 saturated carbocycles. The maximum Gasteiger partial charge on any atom is 0.331 e. The Hall–Kier alpha value is -2.08. The van der Waals surface area contributed by atoms with Crippen molar-refractivity contribution in [2.24, 2.45) is 0 Å². The number of benzene rings is 1. The number of carboxylic acid groups (broad SMARTS) is 1. The summed E-state index contributed by atoms with van der Waals surface area (Å²) in [5, 5.41) is 17.7. The predicted octanol–water partition coefficient (Wildman–Crippen LogP) is 2.44. The summed E-state index contributed by atoms with van der Waals surface area (Å²) >= 11 is 0. The van der Waals surface area contributed by atoms with Crippen LogP contribution in [0.3, 0.4) is 0 Å². The first-order valence-corrected chi connectivity index (χ1v) is 4.62. The molecule has 0 amide bonds. The number of nitriles is 1. The second kappa shape index (κ2) is 4.97. The molecule has 0 spiro atoms. The molecule has 0 aliphatic carbocycles. The van der Waals surface area contributed by atoms with E-state index in [1.165, 1.54) is 0 Å². The molecular weight excluding hydrogens is 190 g/mol. The highest BCUT2D eigenvalue weighted by atomic mass is 16.4. The van der Waals surface area contributed by atoms with E-state index in [9.17, 15) is 4.79 Å². The molecule has 0 saturated heterocycles. The van der Waals surface area contributed by atoms with Gasteiger partial charge < -0.3 is 5.11 Å². The molecule has 1 aromatic carbocycles. The molecule has 0 aromatic heterocycles. The first kappa shape index (κ1) is 11.0. The van der Waals surface area contributed by atoms with Crippen LogP contribution in [0.2, 0.25) is 0 Å². The third-order valence-corrected chi connectivity index (χ3v) is 2.07. The maximum atomic E-state index is 10.8. The van der Waals surface area contributed by atoms with Gasteiger partial charge in [0.25, 0.3) is 0 Å². The maximum absolute atomic E-state index is 10.8. The van der Waals surface area contributed by atoms with Crippen LogP contribution in [-0.2, 0) is 4.79 Å². The standard InChI is InChI=1S/C12H11NO2/c1-2-9(12(14)15)7-10-5-3-4-6-11(10)8-13/h3-7H,2H2,1H3,(H,14,15). The van der Waals surface area contributed by atoms with Gasteiger partial charge in [-0.2, -0.15) is 5.26 Å². The Morgan fingerprint density at radius 1 is 1.53 bits per heavy atom. The minimum absolute atomic E-state index is 0.303. The van der Waals surface area contributed by atoms with Crippen molar-refractivity contribution in [2.45, 2.75) is 13.3 Å². The van der Waals surface area contributed by atoms with Crippen LogP contribution in [0.4, 0.5) is 0 Å². The summed E-state index contributed by atoms with van der Waals surface area (Å²) in [5.41, 5.74) is 1.45. The number of rotatable bonds is 3. The summed E-state index contributed by atoms with van der Waals surface area (Å²) in [6, 6.07) is 8.96. The number of carboxylic acids is 1. The van der Waals surface area contributed by atoms with Crippen molar-refractivity contribution in [1.29, 1.82) is 5.26 Å². The zero-order chi connectivity index (χ0) is 11.3. The van der Waals surface area contributed by atoms with Crippen molar-refractivity contribution >= 4 is 12.0 Å². The van der Waals surface area contributed by atoms with Gasteiger partial charge in [0, 0.05) is 5.57 Å². The molecule has 0 radical (unpaired) electrons. The van der Waals surface area contributed by atoms with Gasteiger partial charge in [0.05, 0.1) is 11.6 Å². The quantitative estimate of drug-likeness (QED) is 0.764. The van der Waals surface area contributed by atoms with Gasteiger partial charge in [0.2, 0.25) is 0 Å². The molecule has 15 heavy (non-hydrogen) atoms. The van der Waals surface area contributed by atoms with Gasteiger partial charge in [0.15, 0.2) is 0 Å². The van der Waals surface area contributed by atoms with Crippen LogP contribution in [0, 0.1) is 11.3 Å². The van der Waals surface area contributed by atoms with E-state index in [0.717, 1.165) is 0 Å². The fraction of sp³-hybridized carbons (Fsp3) is 0.167. The molecule has 0 unspecified atom stereocenters. The van der Waals surface area contributed by atoms with Gasteiger partial charge in [-0.3, -0.25) is 0 Å². The third-order valence-electron chi connectivity index (χ3n) is 2.07. The minimum Gasteiger partial charge on any atom is -0.478 e. The first-order valence-electron chi connectivity index (χ1n) is 4.62. The van der Waals surface area contributed by atoms with Crippen molar-refractivity contribution in [1.82, 2.24) is 0 Å². The lowest BCUT2D eigenvalue weighted by atomic mass is 10.0. The molecule has 3 nitrogen and oxygen atoms in total. The molecule has 0 atom stereocenters. The summed E-state index contributed by atoms with van der Waals surface area (Å²) < 4.78 is 0. The molecule has 1 N–H and O–H groups in total. The Kier molecular flexibility index (Phi) is 3.64. The monoisotopic (exact) mass is 201 g/mol. The van der Waals surface area contributed by atoms with Crippen LogP contribution in [0.25, 0.3) is 6.08 Å². The fourth-order valence-corrected chi connectivity index (χ4v) is 1.23. The van der Waals surface area contributed by atoms with E-state index in [2.05, 4.69) is 0 Å². The highest BCUT2D eigenvalue weighted by molar-refractivity contribution is 5.92. The molecule has 1 aromatic rings. The third kappa shape index (κ3) is 2.68. The van der Waals surface area contributed by atoms with Gasteiger partial charge >= 0.3 is 5.97 Å². The fourth-order valence-electron chi connectivity index (χ4n) is 1.23. The highest BCUT2D eigenvalue weighted by Crippen LogP contribution is 2.14. The Labute approximate surface area is 88.3 Å². The van der Waals surface area contributed by atoms with Crippen molar-refractivity contribution < 1.29 is 9.90 Å². The van der Waals surface area contributed by atoms with E-state index in [4.69, 9.17) is 10.4 Å². The van der Waals surface area contributed by atoms with Gasteiger partial charge in [-0.25, -0.2) is 4.79 Å². The first-order chi connectivity index (χ1) is 7.19. The minimum atomic E-state index is -0.940. The van der Waals surface area contributed by atoms with E-state index in [1.54, 1.807) is 37.3 Å². The second-order valence-electron chi connectivity index (χ2n) is 3.03. The summed E-state index contributed by atoms with van der Waals surface area (Å²) in [7, 11) is 0. The average molecular weight is 201 g/mol. The summed E-state index contributed by atoms with van der Waals surface area (Å²) in [6.45, 7) is 1.77. The van der Waals surface area contributed by atoms with Gasteiger partial charge in [-0.1, -0.05) is 25.1 Å². The average Bonchev–Trinajstić information content (AvgIpc) is 2.25. The van der Waals surface area contributed by atoms with Gasteiger partial charge in [-0.05, 0) is 24.1 Å². The molecule has 0 heterocycles. The number of nitrogens with zero attached hydrogens (tertiary/aromatic N) is 1. The number of carbonyl (C=O) groups is 1. The van der Waals surface area contributed by atoms with Crippen LogP contribution in [0.15, 0.2) is 29.8 Å². The van der Waals surface area contributed by atoms with Gasteiger partial charge in [0.1, 0.15) is 0 Å². The lowest BCUT2D eigenvalue weighted by Gasteiger charge is -2.00. The van der Waals surface area contributed by atoms with Crippen molar-refractivity contribution in [2.75, 3.05) is 0 Å². The topological polar surface area (TPSA) is 61.1 Å². The van der Waals surface area contributed by atoms with Crippen LogP contribution < -0.4 is 0 Å². The Morgan fingerprint density at radius 2 is 2.20 bits per heavy atom. The number of hydrogen-bond acceptors (Lipinski definition) is 2. The second-order valence-corrected chi connectivity index (χ2v) is 3.03. The number of aliphatic carboxylic acids is 1. The van der Waals surface area contributed by atoms with E-state index < -0.39 is 5.97 Å². The predicted molar refractivity (Wildman–Crippen MR) is 57.1 cm³/mol. The van der Waals surface area contributed by atoms with Crippen LogP contribution in [0.5, 0.6) is 0 Å². The zero-order valence-electron chi connectivity index (χ0n) is 8.40. The normalized spacial score (nSPS) is 10.8. The summed E-state index contributed by atoms with van der Waals surface area (Å²) in [6.07, 6.45) is 1.98. The van der Waals surface area contributed by atoms with Crippen molar-refractivity contribution in [3.05, 3.63) is 41.0 Å². The van der Waals surface area contributed by atoms with E-state index in [1.807, 2.05) is 6.07 Å². The molecule has 0 aliphatic rings. The molecular formula is C12H11NO2. The Balaban J connectivity index is 3.18. The van der Waals surface area contributed by atoms with Crippen LogP contribution in [0.1, 0.15) is 24.5 Å². The van der Waals surface area contributed by atoms with Crippen molar-refractivity contribution in [3.8, 4) is 6.07 Å². The smallest absolute Gasteiger partial charge is 0.331 e. The van der Waals surface area contributed by atoms with E-state index in [0.29, 0.717) is 23.1 Å². The Morgan fingerprint density at radius 3 is 2.73 bits per heavy atom. The summed E-state index contributed by atoms with van der Waals surface area (Å²) in [5.74, 6) is -0.940. The molecule has 1 rings (SSSR count). The Bertz CT molecular complexity index is 441. The molecule has 0 bridgehead atoms. The molecule has 3 heteroatoms.